The Bertz CT molecular complexity index is 1350. The Hall–Kier alpha value is -2.84. The molecule has 1 aliphatic carbocycles. The summed E-state index contributed by atoms with van der Waals surface area (Å²) in [6.45, 7) is 21.5. The van der Waals surface area contributed by atoms with Crippen molar-refractivity contribution in [2.75, 3.05) is 39.2 Å². The number of urea groups is 1. The summed E-state index contributed by atoms with van der Waals surface area (Å²) < 4.78 is 24.7. The number of nitrogens with one attached hydrogen (secondary N) is 4. The van der Waals surface area contributed by atoms with Gasteiger partial charge < -0.3 is 26.2 Å². The Morgan fingerprint density at radius 1 is 1.04 bits per heavy atom. The molecule has 2 aliphatic rings. The molecular formula is C36H66N6O7S. The highest BCUT2D eigenvalue weighted by atomic mass is 32.3. The van der Waals surface area contributed by atoms with E-state index in [4.69, 9.17) is 0 Å². The van der Waals surface area contributed by atoms with Gasteiger partial charge >= 0.3 is 6.03 Å². The van der Waals surface area contributed by atoms with Gasteiger partial charge in [-0.2, -0.15) is 4.21 Å². The van der Waals surface area contributed by atoms with Gasteiger partial charge in [0.15, 0.2) is 0 Å². The maximum atomic E-state index is 14.6. The Balaban J connectivity index is 2.44. The molecule has 1 saturated carbocycles. The molecule has 1 unspecified atom stereocenters. The van der Waals surface area contributed by atoms with Crippen LogP contribution in [0.1, 0.15) is 94.4 Å². The van der Waals surface area contributed by atoms with Crippen LogP contribution in [0.15, 0.2) is 12.7 Å². The molecule has 0 spiro atoms. The minimum Gasteiger partial charge on any atom is -0.346 e. The number of unbranched alkanes of at least 4 members (excludes halogenated alkanes) is 1. The van der Waals surface area contributed by atoms with Crippen molar-refractivity contribution in [2.24, 2.45) is 28.1 Å². The Morgan fingerprint density at radius 2 is 1.64 bits per heavy atom. The first kappa shape index (κ1) is 43.3. The zero-order valence-electron chi connectivity index (χ0n) is 32.6. The van der Waals surface area contributed by atoms with Gasteiger partial charge in [-0.05, 0) is 47.3 Å². The lowest BCUT2D eigenvalue weighted by atomic mass is 9.79. The Kier molecular flexibility index (Phi) is 13.7. The summed E-state index contributed by atoms with van der Waals surface area (Å²) in [5.74, 6) is -2.59. The lowest BCUT2D eigenvalue weighted by Gasteiger charge is -2.46. The van der Waals surface area contributed by atoms with Crippen LogP contribution in [-0.2, 0) is 28.7 Å². The van der Waals surface area contributed by atoms with E-state index >= 15 is 0 Å². The molecule has 6 atom stereocenters. The summed E-state index contributed by atoms with van der Waals surface area (Å²) in [7, 11) is -2.55. The zero-order valence-corrected chi connectivity index (χ0v) is 33.4. The molecule has 1 saturated heterocycles. The Labute approximate surface area is 300 Å². The van der Waals surface area contributed by atoms with Crippen molar-refractivity contribution in [3.63, 3.8) is 0 Å². The zero-order chi connectivity index (χ0) is 38.6. The number of ketones is 1. The average Bonchev–Trinajstić information content (AvgIpc) is 3.50. The van der Waals surface area contributed by atoms with Gasteiger partial charge in [-0.3, -0.25) is 23.7 Å². The molecule has 1 aliphatic heterocycles. The molecule has 288 valence electrons. The number of carbonyl (C=O) groups excluding carboxylic acids is 5. The minimum absolute atomic E-state index is 0.0163. The van der Waals surface area contributed by atoms with Crippen molar-refractivity contribution in [2.45, 2.75) is 119 Å². The van der Waals surface area contributed by atoms with Gasteiger partial charge in [-0.15, -0.1) is 16.1 Å². The molecule has 0 radical (unpaired) electrons. The minimum atomic E-state index is -4.08. The van der Waals surface area contributed by atoms with Gasteiger partial charge in [0.05, 0.1) is 6.04 Å². The third kappa shape index (κ3) is 11.1. The first-order valence-corrected chi connectivity index (χ1v) is 20.5. The highest BCUT2D eigenvalue weighted by molar-refractivity contribution is 8.11. The molecular weight excluding hydrogens is 660 g/mol. The van der Waals surface area contributed by atoms with Gasteiger partial charge in [0, 0.05) is 45.2 Å². The van der Waals surface area contributed by atoms with E-state index in [1.54, 1.807) is 4.90 Å². The number of Topliss-reactive ketones (excluding diaryl/α,β-unsaturated/α-hetero) is 1. The molecule has 0 bridgehead atoms. The smallest absolute Gasteiger partial charge is 0.315 e. The molecule has 0 aromatic rings. The predicted octanol–water partition coefficient (Wildman–Crippen LogP) is 3.32. The topological polar surface area (TPSA) is 177 Å². The SMILES string of the molecule is C=CCNC(=O)C(=O)C(CCCC)NC(=O)[C@@H]1[C@H]2CCC(C)(C)[C@H]2CN1C(=O)[C@@H](NC(=O)N[C@H](CN(C)S(C)(C)(=O)O)C(C)(C)C)C(C)(C)C. The van der Waals surface area contributed by atoms with Crippen LogP contribution in [0.3, 0.4) is 0 Å². The first-order chi connectivity index (χ1) is 22.6. The molecule has 1 heterocycles. The summed E-state index contributed by atoms with van der Waals surface area (Å²) in [6.07, 6.45) is 7.21. The van der Waals surface area contributed by atoms with Gasteiger partial charge in [0.2, 0.25) is 17.6 Å². The lowest BCUT2D eigenvalue weighted by molar-refractivity contribution is -0.144. The molecule has 2 fully saturated rings. The first-order valence-electron chi connectivity index (χ1n) is 17.8. The highest BCUT2D eigenvalue weighted by Crippen LogP contribution is 2.53. The standard InChI is InChI=1S/C36H66N6O7S/c1-14-16-17-25(28(43)31(45)37-20-15-2)38-30(44)27-23-18-19-36(9,10)24(23)21-42(27)32(46)29(35(6,7)8)40-33(47)39-26(34(3,4)5)22-41(11)50(12,13,48)49/h15,23-27,29H,2,14,16-22H2,1,3-13H3,(H,37,45)(H,38,44)(H,48,49)(H2,39,40,47)/t23-,24-,25?,26+,27-,29+/m0/s1. The molecule has 5 amide bonds. The summed E-state index contributed by atoms with van der Waals surface area (Å²) in [5, 5.41) is 11.2. The van der Waals surface area contributed by atoms with Crippen LogP contribution in [0.4, 0.5) is 4.79 Å². The van der Waals surface area contributed by atoms with E-state index in [-0.39, 0.29) is 36.8 Å². The molecule has 13 nitrogen and oxygen atoms in total. The van der Waals surface area contributed by atoms with Crippen molar-refractivity contribution in [1.29, 1.82) is 0 Å². The summed E-state index contributed by atoms with van der Waals surface area (Å²) in [4.78, 5) is 69.9. The fraction of sp³-hybridized carbons (Fsp3) is 0.806. The number of hydrogen-bond acceptors (Lipinski definition) is 6. The van der Waals surface area contributed by atoms with Crippen LogP contribution in [0.25, 0.3) is 0 Å². The second-order valence-corrected chi connectivity index (χ2v) is 21.7. The number of likely N-dealkylation sites (tertiary alicyclic amines) is 1. The molecule has 2 rings (SSSR count). The van der Waals surface area contributed by atoms with Crippen LogP contribution >= 0.6 is 0 Å². The van der Waals surface area contributed by atoms with E-state index in [0.717, 1.165) is 12.8 Å². The van der Waals surface area contributed by atoms with Crippen LogP contribution in [0, 0.1) is 28.1 Å². The van der Waals surface area contributed by atoms with Crippen LogP contribution in [0.2, 0.25) is 0 Å². The average molecular weight is 727 g/mol. The van der Waals surface area contributed by atoms with E-state index in [2.05, 4.69) is 41.7 Å². The fourth-order valence-electron chi connectivity index (χ4n) is 6.88. The molecule has 50 heavy (non-hydrogen) atoms. The van der Waals surface area contributed by atoms with Crippen LogP contribution < -0.4 is 21.3 Å². The number of rotatable bonds is 15. The van der Waals surface area contributed by atoms with Crippen LogP contribution in [-0.4, -0.2) is 111 Å². The van der Waals surface area contributed by atoms with E-state index in [1.807, 2.05) is 48.5 Å². The Morgan fingerprint density at radius 3 is 2.14 bits per heavy atom. The van der Waals surface area contributed by atoms with Gasteiger partial charge in [-0.1, -0.05) is 81.2 Å². The number of likely N-dealkylation sites (N-methyl/N-ethyl adjacent to an activating group) is 1. The normalized spacial score (nSPS) is 23.1. The molecule has 5 N–H and O–H groups in total. The third-order valence-corrected chi connectivity index (χ3v) is 12.4. The maximum Gasteiger partial charge on any atom is 0.315 e. The lowest BCUT2D eigenvalue weighted by Crippen LogP contribution is -2.63. The summed E-state index contributed by atoms with van der Waals surface area (Å²) >= 11 is 0. The summed E-state index contributed by atoms with van der Waals surface area (Å²) in [5.41, 5.74) is -1.42. The number of hydrogen-bond donors (Lipinski definition) is 5. The molecule has 0 aromatic carbocycles. The molecule has 0 aromatic heterocycles. The largest absolute Gasteiger partial charge is 0.346 e. The quantitative estimate of drug-likeness (QED) is 0.127. The van der Waals surface area contributed by atoms with Crippen molar-refractivity contribution < 1.29 is 32.7 Å². The predicted molar refractivity (Wildman–Crippen MR) is 199 cm³/mol. The number of fused-ring (bicyclic) bond motifs is 1. The number of nitrogens with zero attached hydrogens (tertiary/aromatic N) is 2. The van der Waals surface area contributed by atoms with Crippen molar-refractivity contribution in [3.05, 3.63) is 12.7 Å². The van der Waals surface area contributed by atoms with Gasteiger partial charge in [0.25, 0.3) is 5.91 Å². The van der Waals surface area contributed by atoms with E-state index in [9.17, 15) is 32.7 Å². The van der Waals surface area contributed by atoms with Crippen molar-refractivity contribution in [1.82, 2.24) is 30.5 Å². The third-order valence-electron chi connectivity index (χ3n) is 10.5. The van der Waals surface area contributed by atoms with Crippen molar-refractivity contribution >= 4 is 39.1 Å². The van der Waals surface area contributed by atoms with Gasteiger partial charge in [0.1, 0.15) is 12.1 Å². The summed E-state index contributed by atoms with van der Waals surface area (Å²) in [6, 6.07) is -4.15. The highest BCUT2D eigenvalue weighted by Gasteiger charge is 2.57. The van der Waals surface area contributed by atoms with Crippen LogP contribution in [0.5, 0.6) is 0 Å². The second kappa shape index (κ2) is 15.8. The monoisotopic (exact) mass is 726 g/mol. The number of carbonyl (C=O) groups is 5. The van der Waals surface area contributed by atoms with E-state index in [1.165, 1.54) is 29.9 Å². The van der Waals surface area contributed by atoms with E-state index < -0.39 is 74.1 Å². The second-order valence-electron chi connectivity index (χ2n) is 17.6. The maximum absolute atomic E-state index is 14.6. The fourth-order valence-corrected chi connectivity index (χ4v) is 7.46. The molecule has 14 heteroatoms. The van der Waals surface area contributed by atoms with E-state index in [0.29, 0.717) is 19.4 Å². The number of amides is 5. The van der Waals surface area contributed by atoms with Gasteiger partial charge in [-0.25, -0.2) is 9.10 Å². The van der Waals surface area contributed by atoms with Crippen molar-refractivity contribution in [3.8, 4) is 0 Å².